The lowest BCUT2D eigenvalue weighted by molar-refractivity contribution is -0.115. The molecule has 1 amide bonds. The quantitative estimate of drug-likeness (QED) is 0.397. The first-order valence-corrected chi connectivity index (χ1v) is 10.6. The summed E-state index contributed by atoms with van der Waals surface area (Å²) in [4.78, 5) is 37.0. The van der Waals surface area contributed by atoms with E-state index in [0.29, 0.717) is 17.9 Å². The zero-order valence-electron chi connectivity index (χ0n) is 18.2. The molecule has 34 heavy (non-hydrogen) atoms. The fourth-order valence-corrected chi connectivity index (χ4v) is 3.78. The number of hydrogen-bond donors (Lipinski definition) is 1. The number of nitrogens with one attached hydrogen (secondary N) is 1. The van der Waals surface area contributed by atoms with Gasteiger partial charge in [-0.2, -0.15) is 0 Å². The van der Waals surface area contributed by atoms with E-state index >= 15 is 0 Å². The van der Waals surface area contributed by atoms with Gasteiger partial charge in [0.1, 0.15) is 5.75 Å². The van der Waals surface area contributed by atoms with Gasteiger partial charge in [-0.1, -0.05) is 13.0 Å². The predicted octanol–water partition coefficient (Wildman–Crippen LogP) is 4.10. The smallest absolute Gasteiger partial charge is 0.261 e. The molecule has 0 radical (unpaired) electrons. The Bertz CT molecular complexity index is 1310. The van der Waals surface area contributed by atoms with Crippen LogP contribution in [0, 0.1) is 23.4 Å². The zero-order chi connectivity index (χ0) is 24.4. The van der Waals surface area contributed by atoms with Crippen LogP contribution >= 0.6 is 0 Å². The van der Waals surface area contributed by atoms with Crippen molar-refractivity contribution in [3.05, 3.63) is 93.2 Å². The maximum Gasteiger partial charge on any atom is 0.261 e. The molecule has 0 saturated heterocycles. The highest BCUT2D eigenvalue weighted by molar-refractivity contribution is 5.99. The summed E-state index contributed by atoms with van der Waals surface area (Å²) in [6, 6.07) is 9.79. The maximum atomic E-state index is 13.5. The normalized spacial score (nSPS) is 13.4. The number of ketones is 1. The van der Waals surface area contributed by atoms with Crippen molar-refractivity contribution in [3.8, 4) is 5.75 Å². The molecule has 6 nitrogen and oxygen atoms in total. The molecule has 0 saturated carbocycles. The van der Waals surface area contributed by atoms with Crippen LogP contribution in [0.3, 0.4) is 0 Å². The minimum atomic E-state index is -1.58. The topological polar surface area (TPSA) is 77.4 Å². The summed E-state index contributed by atoms with van der Waals surface area (Å²) in [5.41, 5.74) is 0.984. The van der Waals surface area contributed by atoms with E-state index in [4.69, 9.17) is 4.74 Å². The van der Waals surface area contributed by atoms with E-state index < -0.39 is 28.8 Å². The van der Waals surface area contributed by atoms with E-state index in [0.717, 1.165) is 22.3 Å². The number of nitrogens with zero attached hydrogens (tertiary/aromatic N) is 1. The predicted molar refractivity (Wildman–Crippen MR) is 119 cm³/mol. The first kappa shape index (κ1) is 23.3. The average molecular weight is 470 g/mol. The number of amides is 1. The number of Topliss-reactive ketones (excluding diaryl/α,β-unsaturated/α-hetero) is 1. The standard InChI is InChI=1S/C25H21F3N2O4/c1-14(13-34-17-5-4-16-10-23(32)29-21(16)11-17)7-22(31)18-3-2-6-30(25(18)33)12-15-8-19(26)24(28)20(27)9-15/h2-6,8-9,11,14H,7,10,12-13H2,1H3,(H,29,32)/t14-/m1/s1. The van der Waals surface area contributed by atoms with Gasteiger partial charge in [0.2, 0.25) is 5.91 Å². The third-order valence-corrected chi connectivity index (χ3v) is 5.49. The van der Waals surface area contributed by atoms with Crippen molar-refractivity contribution in [1.29, 1.82) is 0 Å². The number of hydrogen-bond acceptors (Lipinski definition) is 4. The summed E-state index contributed by atoms with van der Waals surface area (Å²) in [5, 5.41) is 2.75. The number of fused-ring (bicyclic) bond motifs is 1. The van der Waals surface area contributed by atoms with Crippen LogP contribution in [-0.2, 0) is 17.8 Å². The second-order valence-electron chi connectivity index (χ2n) is 8.32. The van der Waals surface area contributed by atoms with Crippen LogP contribution in [0.4, 0.5) is 18.9 Å². The Balaban J connectivity index is 1.40. The number of carbonyl (C=O) groups excluding carboxylic acids is 2. The molecule has 3 aromatic rings. The summed E-state index contributed by atoms with van der Waals surface area (Å²) < 4.78 is 47.0. The lowest BCUT2D eigenvalue weighted by Gasteiger charge is -2.14. The number of aromatic nitrogens is 1. The second kappa shape index (κ2) is 9.54. The molecule has 0 bridgehead atoms. The van der Waals surface area contributed by atoms with Crippen LogP contribution < -0.4 is 15.6 Å². The van der Waals surface area contributed by atoms with Gasteiger partial charge in [-0.25, -0.2) is 13.2 Å². The van der Waals surface area contributed by atoms with Crippen molar-refractivity contribution in [1.82, 2.24) is 4.57 Å². The molecule has 0 aliphatic carbocycles. The number of rotatable bonds is 8. The first-order valence-electron chi connectivity index (χ1n) is 10.6. The molecule has 2 heterocycles. The Hall–Kier alpha value is -3.88. The van der Waals surface area contributed by atoms with Gasteiger partial charge in [0.15, 0.2) is 23.2 Å². The molecule has 4 rings (SSSR count). The zero-order valence-corrected chi connectivity index (χ0v) is 18.2. The van der Waals surface area contributed by atoms with Crippen LogP contribution in [0.2, 0.25) is 0 Å². The highest BCUT2D eigenvalue weighted by Crippen LogP contribution is 2.28. The lowest BCUT2D eigenvalue weighted by Crippen LogP contribution is -2.27. The number of anilines is 1. The average Bonchev–Trinajstić information content (AvgIpc) is 3.16. The van der Waals surface area contributed by atoms with Crippen molar-refractivity contribution in [2.24, 2.45) is 5.92 Å². The summed E-state index contributed by atoms with van der Waals surface area (Å²) in [6.45, 7) is 1.80. The van der Waals surface area contributed by atoms with E-state index in [1.54, 1.807) is 19.1 Å². The van der Waals surface area contributed by atoms with E-state index in [1.165, 1.54) is 18.3 Å². The highest BCUT2D eigenvalue weighted by atomic mass is 19.2. The van der Waals surface area contributed by atoms with Crippen molar-refractivity contribution < 1.29 is 27.5 Å². The Kier molecular flexibility index (Phi) is 6.54. The van der Waals surface area contributed by atoms with Crippen molar-refractivity contribution >= 4 is 17.4 Å². The molecule has 9 heteroatoms. The van der Waals surface area contributed by atoms with Crippen LogP contribution in [0.1, 0.15) is 34.8 Å². The van der Waals surface area contributed by atoms with Gasteiger partial charge in [0.25, 0.3) is 5.56 Å². The summed E-state index contributed by atoms with van der Waals surface area (Å²) in [6.07, 6.45) is 1.76. The molecule has 0 spiro atoms. The molecule has 176 valence electrons. The van der Waals surface area contributed by atoms with E-state index in [2.05, 4.69) is 5.32 Å². The Morgan fingerprint density at radius 2 is 1.85 bits per heavy atom. The number of ether oxygens (including phenoxy) is 1. The molecular formula is C25H21F3N2O4. The second-order valence-corrected chi connectivity index (χ2v) is 8.32. The van der Waals surface area contributed by atoms with Crippen molar-refractivity contribution in [2.45, 2.75) is 26.3 Å². The molecule has 1 aromatic heterocycles. The molecule has 0 fully saturated rings. The number of carbonyl (C=O) groups is 2. The minimum Gasteiger partial charge on any atom is -0.493 e. The Morgan fingerprint density at radius 3 is 2.59 bits per heavy atom. The maximum absolute atomic E-state index is 13.5. The van der Waals surface area contributed by atoms with Gasteiger partial charge in [-0.3, -0.25) is 14.4 Å². The Labute approximate surface area is 193 Å². The third-order valence-electron chi connectivity index (χ3n) is 5.49. The number of halogens is 3. The summed E-state index contributed by atoms with van der Waals surface area (Å²) >= 11 is 0. The summed E-state index contributed by atoms with van der Waals surface area (Å²) in [7, 11) is 0. The van der Waals surface area contributed by atoms with Crippen LogP contribution in [0.25, 0.3) is 0 Å². The van der Waals surface area contributed by atoms with Gasteiger partial charge >= 0.3 is 0 Å². The fourth-order valence-electron chi connectivity index (χ4n) is 3.78. The van der Waals surface area contributed by atoms with Gasteiger partial charge in [-0.15, -0.1) is 0 Å². The van der Waals surface area contributed by atoms with Gasteiger partial charge in [0.05, 0.1) is 25.1 Å². The number of pyridine rings is 1. The van der Waals surface area contributed by atoms with Crippen LogP contribution in [0.15, 0.2) is 53.5 Å². The molecular weight excluding hydrogens is 449 g/mol. The summed E-state index contributed by atoms with van der Waals surface area (Å²) in [5.74, 6) is -4.42. The first-order chi connectivity index (χ1) is 16.2. The molecule has 2 aromatic carbocycles. The van der Waals surface area contributed by atoms with Crippen LogP contribution in [0.5, 0.6) is 5.75 Å². The van der Waals surface area contributed by atoms with Crippen molar-refractivity contribution in [2.75, 3.05) is 11.9 Å². The number of benzene rings is 2. The molecule has 1 aliphatic heterocycles. The van der Waals surface area contributed by atoms with Crippen molar-refractivity contribution in [3.63, 3.8) is 0 Å². The van der Waals surface area contributed by atoms with Gasteiger partial charge in [-0.05, 0) is 47.4 Å². The van der Waals surface area contributed by atoms with E-state index in [9.17, 15) is 27.6 Å². The minimum absolute atomic E-state index is 0.0424. The van der Waals surface area contributed by atoms with E-state index in [-0.39, 0.29) is 42.5 Å². The van der Waals surface area contributed by atoms with Gasteiger partial charge in [0, 0.05) is 24.4 Å². The van der Waals surface area contributed by atoms with Gasteiger partial charge < -0.3 is 14.6 Å². The molecule has 1 atom stereocenters. The SMILES string of the molecule is C[C@@H](COc1ccc2c(c1)NC(=O)C2)CC(=O)c1cccn(Cc2cc(F)c(F)c(F)c2)c1=O. The van der Waals surface area contributed by atoms with E-state index in [1.807, 2.05) is 6.07 Å². The Morgan fingerprint density at radius 1 is 1.12 bits per heavy atom. The third kappa shape index (κ3) is 5.03. The monoisotopic (exact) mass is 470 g/mol. The van der Waals surface area contributed by atoms with Crippen LogP contribution in [-0.4, -0.2) is 22.9 Å². The molecule has 1 aliphatic rings. The largest absolute Gasteiger partial charge is 0.493 e. The highest BCUT2D eigenvalue weighted by Gasteiger charge is 2.19. The molecule has 0 unspecified atom stereocenters. The lowest BCUT2D eigenvalue weighted by atomic mass is 10.0. The fraction of sp³-hybridized carbons (Fsp3) is 0.240. The molecule has 1 N–H and O–H groups in total.